The van der Waals surface area contributed by atoms with Crippen molar-refractivity contribution < 1.29 is 14.7 Å². The lowest BCUT2D eigenvalue weighted by atomic mass is 10.0. The molecule has 0 radical (unpaired) electrons. The van der Waals surface area contributed by atoms with Crippen molar-refractivity contribution >= 4 is 29.2 Å². The molecule has 2 N–H and O–H groups in total. The van der Waals surface area contributed by atoms with Crippen molar-refractivity contribution in [2.24, 2.45) is 0 Å². The number of nitrogens with one attached hydrogen (secondary N) is 1. The van der Waals surface area contributed by atoms with Crippen molar-refractivity contribution in [3.63, 3.8) is 0 Å². The molecule has 0 spiro atoms. The highest BCUT2D eigenvalue weighted by molar-refractivity contribution is 6.31. The number of aryl methyl sites for hydroxylation is 1. The van der Waals surface area contributed by atoms with Gasteiger partial charge in [0.15, 0.2) is 0 Å². The molecule has 0 bridgehead atoms. The Bertz CT molecular complexity index is 877. The van der Waals surface area contributed by atoms with Crippen LogP contribution in [0.5, 0.6) is 0 Å². The molecule has 1 heterocycles. The quantitative estimate of drug-likeness (QED) is 0.777. The van der Waals surface area contributed by atoms with Crippen LogP contribution in [0.2, 0.25) is 5.02 Å². The van der Waals surface area contributed by atoms with Crippen LogP contribution in [0.3, 0.4) is 0 Å². The molecule has 0 saturated carbocycles. The molecule has 0 unspecified atom stereocenters. The second-order valence-corrected chi connectivity index (χ2v) is 6.94. The Morgan fingerprint density at radius 1 is 1.11 bits per heavy atom. The number of carbonyl (C=O) groups is 2. The second kappa shape index (κ2) is 8.27. The van der Waals surface area contributed by atoms with Crippen molar-refractivity contribution in [3.8, 4) is 0 Å². The molecule has 2 aromatic rings. The van der Waals surface area contributed by atoms with Crippen molar-refractivity contribution in [2.45, 2.75) is 32.2 Å². The first-order valence-electron chi connectivity index (χ1n) is 8.79. The fraction of sp³-hybridized carbons (Fsp3) is 0.238. The van der Waals surface area contributed by atoms with Crippen LogP contribution in [-0.2, 0) is 9.59 Å². The monoisotopic (exact) mass is 384 g/mol. The molecule has 0 saturated heterocycles. The van der Waals surface area contributed by atoms with Crippen LogP contribution < -0.4 is 5.43 Å². The van der Waals surface area contributed by atoms with E-state index in [0.29, 0.717) is 11.4 Å². The zero-order chi connectivity index (χ0) is 19.4. The van der Waals surface area contributed by atoms with Crippen molar-refractivity contribution in [3.05, 3.63) is 76.3 Å². The van der Waals surface area contributed by atoms with Crippen LogP contribution in [-0.4, -0.2) is 22.0 Å². The Morgan fingerprint density at radius 3 is 2.48 bits per heavy atom. The molecule has 140 valence electrons. The van der Waals surface area contributed by atoms with E-state index in [0.717, 1.165) is 22.4 Å². The highest BCUT2D eigenvalue weighted by Gasteiger charge is 2.31. The number of carboxylic acid groups (broad SMARTS) is 1. The first kappa shape index (κ1) is 19.0. The summed E-state index contributed by atoms with van der Waals surface area (Å²) in [6, 6.07) is 15.1. The summed E-state index contributed by atoms with van der Waals surface area (Å²) in [5.41, 5.74) is 6.95. The lowest BCUT2D eigenvalue weighted by Crippen LogP contribution is -2.39. The molecule has 27 heavy (non-hydrogen) atoms. The van der Waals surface area contributed by atoms with Gasteiger partial charge >= 0.3 is 5.97 Å². The molecular weight excluding hydrogens is 364 g/mol. The standard InChI is InChI=1S/C21H21ClN2O3/c1-14-9-11-15(12-10-14)18-13-19(16-5-2-3-6-17(16)22)24(23-18)20(25)7-4-8-21(26)27/h2-3,5-6,9-13,19,23H,4,7-8H2,1H3,(H,26,27)/t19-/m0/s1. The van der Waals surface area contributed by atoms with E-state index in [1.54, 1.807) is 6.07 Å². The Hall–Kier alpha value is -2.79. The fourth-order valence-corrected chi connectivity index (χ4v) is 3.28. The number of aliphatic carboxylic acids is 1. The predicted octanol–water partition coefficient (Wildman–Crippen LogP) is 4.33. The molecule has 1 aliphatic rings. The SMILES string of the molecule is Cc1ccc(C2=C[C@@H](c3ccccc3Cl)N(C(=O)CCCC(=O)O)N2)cc1. The van der Waals surface area contributed by atoms with Gasteiger partial charge in [0, 0.05) is 17.9 Å². The minimum atomic E-state index is -0.904. The van der Waals surface area contributed by atoms with Crippen molar-refractivity contribution in [1.29, 1.82) is 0 Å². The summed E-state index contributed by atoms with van der Waals surface area (Å²) in [5, 5.41) is 10.9. The van der Waals surface area contributed by atoms with Gasteiger partial charge in [-0.25, -0.2) is 5.01 Å². The van der Waals surface area contributed by atoms with Gasteiger partial charge < -0.3 is 5.11 Å². The summed E-state index contributed by atoms with van der Waals surface area (Å²) < 4.78 is 0. The summed E-state index contributed by atoms with van der Waals surface area (Å²) in [5.74, 6) is -1.07. The van der Waals surface area contributed by atoms with E-state index in [-0.39, 0.29) is 24.8 Å². The van der Waals surface area contributed by atoms with Gasteiger partial charge in [0.2, 0.25) is 5.91 Å². The molecule has 5 nitrogen and oxygen atoms in total. The van der Waals surface area contributed by atoms with Gasteiger partial charge in [-0.05, 0) is 36.6 Å². The molecule has 6 heteroatoms. The number of halogens is 1. The van der Waals surface area contributed by atoms with E-state index in [1.807, 2.05) is 55.5 Å². The third-order valence-electron chi connectivity index (χ3n) is 4.48. The van der Waals surface area contributed by atoms with Gasteiger partial charge in [-0.1, -0.05) is 59.6 Å². The molecule has 1 amide bonds. The van der Waals surface area contributed by atoms with E-state index in [1.165, 1.54) is 5.01 Å². The number of nitrogens with zero attached hydrogens (tertiary/aromatic N) is 1. The Kier molecular flexibility index (Phi) is 5.81. The zero-order valence-corrected chi connectivity index (χ0v) is 15.7. The number of hydrogen-bond acceptors (Lipinski definition) is 3. The second-order valence-electron chi connectivity index (χ2n) is 6.54. The van der Waals surface area contributed by atoms with Crippen LogP contribution in [0.1, 0.15) is 42.0 Å². The lowest BCUT2D eigenvalue weighted by Gasteiger charge is -2.26. The fourth-order valence-electron chi connectivity index (χ4n) is 3.04. The third kappa shape index (κ3) is 4.49. The number of benzene rings is 2. The average molecular weight is 385 g/mol. The number of hydrazine groups is 1. The lowest BCUT2D eigenvalue weighted by molar-refractivity contribution is -0.137. The summed E-state index contributed by atoms with van der Waals surface area (Å²) in [7, 11) is 0. The average Bonchev–Trinajstić information content (AvgIpc) is 3.07. The predicted molar refractivity (Wildman–Crippen MR) is 105 cm³/mol. The van der Waals surface area contributed by atoms with E-state index in [4.69, 9.17) is 16.7 Å². The third-order valence-corrected chi connectivity index (χ3v) is 4.82. The number of carbonyl (C=O) groups excluding carboxylic acids is 1. The van der Waals surface area contributed by atoms with Gasteiger partial charge in [-0.2, -0.15) is 0 Å². The molecule has 2 aromatic carbocycles. The van der Waals surface area contributed by atoms with E-state index < -0.39 is 5.97 Å². The first-order valence-corrected chi connectivity index (χ1v) is 9.17. The van der Waals surface area contributed by atoms with Crippen LogP contribution in [0.4, 0.5) is 0 Å². The smallest absolute Gasteiger partial charge is 0.303 e. The van der Waals surface area contributed by atoms with E-state index in [9.17, 15) is 9.59 Å². The van der Waals surface area contributed by atoms with E-state index in [2.05, 4.69) is 5.43 Å². The summed E-state index contributed by atoms with van der Waals surface area (Å²) in [6.45, 7) is 2.02. The minimum Gasteiger partial charge on any atom is -0.481 e. The van der Waals surface area contributed by atoms with Crippen molar-refractivity contribution in [2.75, 3.05) is 0 Å². The Labute approximate surface area is 163 Å². The van der Waals surface area contributed by atoms with Crippen LogP contribution in [0.15, 0.2) is 54.6 Å². The number of hydrogen-bond donors (Lipinski definition) is 2. The largest absolute Gasteiger partial charge is 0.481 e. The van der Waals surface area contributed by atoms with Gasteiger partial charge in [0.1, 0.15) is 6.04 Å². The first-order chi connectivity index (χ1) is 13.0. The minimum absolute atomic E-state index is 0.0331. The van der Waals surface area contributed by atoms with Crippen LogP contribution in [0.25, 0.3) is 5.70 Å². The van der Waals surface area contributed by atoms with Crippen LogP contribution >= 0.6 is 11.6 Å². The molecule has 1 aliphatic heterocycles. The molecule has 0 fully saturated rings. The Morgan fingerprint density at radius 2 is 1.81 bits per heavy atom. The highest BCUT2D eigenvalue weighted by Crippen LogP contribution is 2.35. The molecule has 1 atom stereocenters. The molecule has 0 aliphatic carbocycles. The maximum absolute atomic E-state index is 12.7. The van der Waals surface area contributed by atoms with Gasteiger partial charge in [0.05, 0.1) is 5.70 Å². The van der Waals surface area contributed by atoms with Gasteiger partial charge in [-0.15, -0.1) is 0 Å². The van der Waals surface area contributed by atoms with Gasteiger partial charge in [0.25, 0.3) is 0 Å². The summed E-state index contributed by atoms with van der Waals surface area (Å²) in [4.78, 5) is 23.5. The van der Waals surface area contributed by atoms with E-state index >= 15 is 0 Å². The zero-order valence-electron chi connectivity index (χ0n) is 15.0. The molecule has 3 rings (SSSR count). The molecule has 0 aromatic heterocycles. The number of rotatable bonds is 6. The molecular formula is C21H21ClN2O3. The van der Waals surface area contributed by atoms with Crippen molar-refractivity contribution in [1.82, 2.24) is 10.4 Å². The topological polar surface area (TPSA) is 69.6 Å². The number of amides is 1. The summed E-state index contributed by atoms with van der Waals surface area (Å²) in [6.07, 6.45) is 2.38. The highest BCUT2D eigenvalue weighted by atomic mass is 35.5. The van der Waals surface area contributed by atoms with Gasteiger partial charge in [-0.3, -0.25) is 15.0 Å². The number of carboxylic acids is 1. The van der Waals surface area contributed by atoms with Crippen LogP contribution in [0, 0.1) is 6.92 Å². The Balaban J connectivity index is 1.87. The summed E-state index contributed by atoms with van der Waals surface area (Å²) >= 11 is 6.36. The maximum atomic E-state index is 12.7. The normalized spacial score (nSPS) is 16.0. The maximum Gasteiger partial charge on any atom is 0.303 e.